The van der Waals surface area contributed by atoms with Crippen molar-refractivity contribution in [2.75, 3.05) is 25.5 Å². The van der Waals surface area contributed by atoms with Crippen LogP contribution in [0.15, 0.2) is 66.7 Å². The van der Waals surface area contributed by atoms with Gasteiger partial charge in [-0.1, -0.05) is 36.4 Å². The molecular formula is C27H26FN3O5. The van der Waals surface area contributed by atoms with Crippen molar-refractivity contribution in [1.82, 2.24) is 4.90 Å². The highest BCUT2D eigenvalue weighted by Crippen LogP contribution is 2.52. The van der Waals surface area contributed by atoms with Crippen molar-refractivity contribution in [2.24, 2.45) is 0 Å². The molecule has 3 aromatic carbocycles. The van der Waals surface area contributed by atoms with Crippen LogP contribution in [-0.2, 0) is 16.9 Å². The van der Waals surface area contributed by atoms with Crippen LogP contribution in [-0.4, -0.2) is 42.0 Å². The second-order valence-corrected chi connectivity index (χ2v) is 9.04. The maximum absolute atomic E-state index is 13.5. The molecule has 3 atom stereocenters. The highest BCUT2D eigenvalue weighted by molar-refractivity contribution is 6.06. The molecule has 0 radical (unpaired) electrons. The van der Waals surface area contributed by atoms with E-state index in [9.17, 15) is 19.3 Å². The highest BCUT2D eigenvalue weighted by Gasteiger charge is 2.68. The number of hydrogen-bond acceptors (Lipinski definition) is 6. The third-order valence-corrected chi connectivity index (χ3v) is 7.02. The lowest BCUT2D eigenvalue weighted by Gasteiger charge is -2.30. The van der Waals surface area contributed by atoms with Crippen LogP contribution in [0.2, 0.25) is 0 Å². The number of likely N-dealkylation sites (tertiary alicyclic amines) is 1. The number of nitro groups is 1. The van der Waals surface area contributed by atoms with E-state index >= 15 is 0 Å². The number of fused-ring (bicyclic) bond motifs is 2. The monoisotopic (exact) mass is 491 g/mol. The van der Waals surface area contributed by atoms with Crippen LogP contribution in [0.4, 0.5) is 10.1 Å². The summed E-state index contributed by atoms with van der Waals surface area (Å²) in [5.74, 6) is -0.422. The zero-order valence-electron chi connectivity index (χ0n) is 19.9. The van der Waals surface area contributed by atoms with Gasteiger partial charge in [0.15, 0.2) is 17.0 Å². The van der Waals surface area contributed by atoms with Crippen LogP contribution in [0.25, 0.3) is 0 Å². The third kappa shape index (κ3) is 3.76. The molecular weight excluding hydrogens is 465 g/mol. The van der Waals surface area contributed by atoms with E-state index in [1.54, 1.807) is 66.5 Å². The average Bonchev–Trinajstić information content (AvgIpc) is 3.33. The number of benzene rings is 3. The molecule has 1 spiro atoms. The zero-order valence-corrected chi connectivity index (χ0v) is 19.9. The number of anilines is 1. The molecule has 0 bridgehead atoms. The van der Waals surface area contributed by atoms with E-state index in [4.69, 9.17) is 9.47 Å². The van der Waals surface area contributed by atoms with E-state index in [0.717, 1.165) is 0 Å². The summed E-state index contributed by atoms with van der Waals surface area (Å²) < 4.78 is 25.2. The van der Waals surface area contributed by atoms with Crippen LogP contribution in [0, 0.1) is 15.9 Å². The van der Waals surface area contributed by atoms with Crippen LogP contribution in [0.3, 0.4) is 0 Å². The minimum Gasteiger partial charge on any atom is -0.490 e. The molecule has 1 fully saturated rings. The molecule has 2 aliphatic heterocycles. The molecule has 2 aliphatic rings. The number of rotatable bonds is 7. The number of halogens is 1. The Labute approximate surface area is 207 Å². The summed E-state index contributed by atoms with van der Waals surface area (Å²) in [6.45, 7) is 2.65. The van der Waals surface area contributed by atoms with E-state index in [1.807, 2.05) is 6.92 Å². The van der Waals surface area contributed by atoms with E-state index in [1.165, 1.54) is 12.1 Å². The van der Waals surface area contributed by atoms with Gasteiger partial charge in [-0.05, 0) is 55.4 Å². The maximum Gasteiger partial charge on any atom is 0.256 e. The lowest BCUT2D eigenvalue weighted by molar-refractivity contribution is -0.534. The van der Waals surface area contributed by atoms with Crippen molar-refractivity contribution in [3.8, 4) is 11.5 Å². The Morgan fingerprint density at radius 2 is 1.92 bits per heavy atom. The minimum absolute atomic E-state index is 0.140. The Bertz CT molecular complexity index is 1330. The second-order valence-electron chi connectivity index (χ2n) is 9.04. The molecule has 186 valence electrons. The molecule has 9 heteroatoms. The first kappa shape index (κ1) is 23.7. The summed E-state index contributed by atoms with van der Waals surface area (Å²) >= 11 is 0. The lowest BCUT2D eigenvalue weighted by atomic mass is 9.79. The number of carbonyl (C=O) groups is 1. The first-order valence-corrected chi connectivity index (χ1v) is 11.8. The number of nitrogens with one attached hydrogen (secondary N) is 1. The van der Waals surface area contributed by atoms with Crippen molar-refractivity contribution in [2.45, 2.75) is 31.0 Å². The number of para-hydroxylation sites is 1. The summed E-state index contributed by atoms with van der Waals surface area (Å²) in [4.78, 5) is 27.3. The molecule has 1 amide bonds. The van der Waals surface area contributed by atoms with Gasteiger partial charge in [0, 0.05) is 22.7 Å². The van der Waals surface area contributed by atoms with Gasteiger partial charge in [-0.25, -0.2) is 4.39 Å². The average molecular weight is 492 g/mol. The van der Waals surface area contributed by atoms with Crippen LogP contribution < -0.4 is 14.8 Å². The second kappa shape index (κ2) is 9.23. The molecule has 0 saturated carbocycles. The van der Waals surface area contributed by atoms with Crippen LogP contribution in [0.5, 0.6) is 11.5 Å². The number of ether oxygens (including phenoxy) is 2. The molecule has 2 heterocycles. The van der Waals surface area contributed by atoms with E-state index in [0.29, 0.717) is 47.0 Å². The Kier molecular flexibility index (Phi) is 6.09. The molecule has 1 saturated heterocycles. The normalized spacial score (nSPS) is 22.9. The number of likely N-dealkylation sites (N-methyl/N-ethyl adjacent to an activating group) is 1. The minimum atomic E-state index is -1.41. The summed E-state index contributed by atoms with van der Waals surface area (Å²) in [6, 6.07) is 17.3. The van der Waals surface area contributed by atoms with Crippen molar-refractivity contribution in [1.29, 1.82) is 0 Å². The first-order valence-electron chi connectivity index (χ1n) is 11.8. The lowest BCUT2D eigenvalue weighted by Crippen LogP contribution is -2.54. The quantitative estimate of drug-likeness (QED) is 0.391. The van der Waals surface area contributed by atoms with Gasteiger partial charge in [0.25, 0.3) is 11.9 Å². The number of hydrogen-bond donors (Lipinski definition) is 1. The summed E-state index contributed by atoms with van der Waals surface area (Å²) in [7, 11) is 1.75. The molecule has 1 N–H and O–H groups in total. The van der Waals surface area contributed by atoms with Gasteiger partial charge in [-0.15, -0.1) is 0 Å². The molecule has 3 aromatic rings. The van der Waals surface area contributed by atoms with Gasteiger partial charge in [0.2, 0.25) is 0 Å². The van der Waals surface area contributed by atoms with Crippen molar-refractivity contribution in [3.63, 3.8) is 0 Å². The van der Waals surface area contributed by atoms with E-state index in [-0.39, 0.29) is 17.3 Å². The zero-order chi connectivity index (χ0) is 25.4. The molecule has 5 rings (SSSR count). The highest BCUT2D eigenvalue weighted by atomic mass is 19.1. The van der Waals surface area contributed by atoms with E-state index in [2.05, 4.69) is 5.32 Å². The molecule has 0 unspecified atom stereocenters. The SMILES string of the molecule is CCOc1cc([C@@H]2CN(C)[C@]3(C(=O)Nc4ccccc43)[C@@H]2[N+](=O)[O-])ccc1OCc1cccc(F)c1. The molecule has 8 nitrogen and oxygen atoms in total. The van der Waals surface area contributed by atoms with Gasteiger partial charge in [0.1, 0.15) is 12.4 Å². The topological polar surface area (TPSA) is 93.9 Å². The van der Waals surface area contributed by atoms with Gasteiger partial charge in [-0.2, -0.15) is 0 Å². The fraction of sp³-hybridized carbons (Fsp3) is 0.296. The smallest absolute Gasteiger partial charge is 0.256 e. The van der Waals surface area contributed by atoms with Crippen molar-refractivity contribution < 1.29 is 23.6 Å². The Balaban J connectivity index is 1.50. The fourth-order valence-corrected chi connectivity index (χ4v) is 5.51. The fourth-order valence-electron chi connectivity index (χ4n) is 5.51. The summed E-state index contributed by atoms with van der Waals surface area (Å²) in [5.41, 5.74) is 1.14. The summed E-state index contributed by atoms with van der Waals surface area (Å²) in [6.07, 6.45) is 0. The van der Waals surface area contributed by atoms with Gasteiger partial charge in [0.05, 0.1) is 12.5 Å². The Morgan fingerprint density at radius 3 is 2.67 bits per heavy atom. The standard InChI is InChI=1S/C27H26FN3O5/c1-3-35-24-14-18(11-12-23(24)36-16-17-7-6-8-19(28)13-17)20-15-30(2)27(25(20)31(33)34)21-9-4-5-10-22(21)29-26(27)32/h4-14,20,25H,3,15-16H2,1-2H3,(H,29,32)/t20-,25+,27-/m0/s1. The third-order valence-electron chi connectivity index (χ3n) is 7.02. The molecule has 0 aliphatic carbocycles. The van der Waals surface area contributed by atoms with Gasteiger partial charge in [-0.3, -0.25) is 19.8 Å². The predicted molar refractivity (Wildman–Crippen MR) is 131 cm³/mol. The largest absolute Gasteiger partial charge is 0.490 e. The predicted octanol–water partition coefficient (Wildman–Crippen LogP) is 4.33. The van der Waals surface area contributed by atoms with Gasteiger partial charge < -0.3 is 14.8 Å². The first-order chi connectivity index (χ1) is 17.4. The van der Waals surface area contributed by atoms with Crippen LogP contribution >= 0.6 is 0 Å². The van der Waals surface area contributed by atoms with Crippen molar-refractivity contribution in [3.05, 3.63) is 99.4 Å². The Morgan fingerprint density at radius 1 is 1.11 bits per heavy atom. The molecule has 0 aromatic heterocycles. The number of nitrogens with zero attached hydrogens (tertiary/aromatic N) is 2. The van der Waals surface area contributed by atoms with E-state index < -0.39 is 23.4 Å². The van der Waals surface area contributed by atoms with Gasteiger partial charge >= 0.3 is 0 Å². The maximum atomic E-state index is 13.5. The van der Waals surface area contributed by atoms with Crippen molar-refractivity contribution >= 4 is 11.6 Å². The number of carbonyl (C=O) groups excluding carboxylic acids is 1. The Hall–Kier alpha value is -3.98. The molecule has 36 heavy (non-hydrogen) atoms. The summed E-state index contributed by atoms with van der Waals surface area (Å²) in [5, 5.41) is 15.4. The number of amides is 1. The van der Waals surface area contributed by atoms with Crippen LogP contribution in [0.1, 0.15) is 29.5 Å².